The highest BCUT2D eigenvalue weighted by Gasteiger charge is 2.16. The number of hydrogen-bond donors (Lipinski definition) is 3. The Hall–Kier alpha value is -3.04. The number of urea groups is 1. The van der Waals surface area contributed by atoms with Gasteiger partial charge in [0.2, 0.25) is 0 Å². The first-order chi connectivity index (χ1) is 15.5. The molecule has 2 aromatic carbocycles. The lowest BCUT2D eigenvalue weighted by Crippen LogP contribution is -2.28. The SMILES string of the molecule is CSc1nc(Cc2ccc(NC(=O)NCc3ccccc3)cc2)nc(SC)c1CC(=O)O. The van der Waals surface area contributed by atoms with E-state index in [2.05, 4.69) is 20.6 Å². The first kappa shape index (κ1) is 23.6. The Labute approximate surface area is 195 Å². The van der Waals surface area contributed by atoms with Crippen molar-refractivity contribution in [3.8, 4) is 0 Å². The molecule has 0 aliphatic rings. The Kier molecular flexibility index (Phi) is 8.52. The maximum absolute atomic E-state index is 12.1. The van der Waals surface area contributed by atoms with Gasteiger partial charge < -0.3 is 15.7 Å². The van der Waals surface area contributed by atoms with E-state index in [1.807, 2.05) is 67.1 Å². The van der Waals surface area contributed by atoms with E-state index in [1.54, 1.807) is 0 Å². The molecule has 0 saturated heterocycles. The van der Waals surface area contributed by atoms with Crippen molar-refractivity contribution in [3.63, 3.8) is 0 Å². The average Bonchev–Trinajstić information content (AvgIpc) is 2.80. The number of carboxylic acid groups (broad SMARTS) is 1. The maximum atomic E-state index is 12.1. The van der Waals surface area contributed by atoms with Gasteiger partial charge in [-0.3, -0.25) is 4.79 Å². The second kappa shape index (κ2) is 11.5. The van der Waals surface area contributed by atoms with E-state index in [0.29, 0.717) is 40.1 Å². The molecule has 3 N–H and O–H groups in total. The predicted molar refractivity (Wildman–Crippen MR) is 128 cm³/mol. The molecule has 7 nitrogen and oxygen atoms in total. The molecule has 2 amide bonds. The van der Waals surface area contributed by atoms with Crippen LogP contribution in [0.25, 0.3) is 0 Å². The molecule has 0 radical (unpaired) electrons. The third-order valence-corrected chi connectivity index (χ3v) is 6.01. The Balaban J connectivity index is 1.63. The van der Waals surface area contributed by atoms with E-state index in [1.165, 1.54) is 23.5 Å². The molecule has 0 bridgehead atoms. The fourth-order valence-corrected chi connectivity index (χ4v) is 4.34. The highest BCUT2D eigenvalue weighted by atomic mass is 32.2. The summed E-state index contributed by atoms with van der Waals surface area (Å²) < 4.78 is 0. The molecule has 0 saturated carbocycles. The van der Waals surface area contributed by atoms with Gasteiger partial charge in [-0.25, -0.2) is 14.8 Å². The number of nitrogens with zero attached hydrogens (tertiary/aromatic N) is 2. The summed E-state index contributed by atoms with van der Waals surface area (Å²) in [5.41, 5.74) is 3.36. The molecule has 0 atom stereocenters. The summed E-state index contributed by atoms with van der Waals surface area (Å²) in [6.45, 7) is 0.454. The molecule has 32 heavy (non-hydrogen) atoms. The van der Waals surface area contributed by atoms with Crippen molar-refractivity contribution in [1.82, 2.24) is 15.3 Å². The van der Waals surface area contributed by atoms with E-state index in [4.69, 9.17) is 0 Å². The van der Waals surface area contributed by atoms with Gasteiger partial charge in [0.05, 0.1) is 6.42 Å². The number of carbonyl (C=O) groups is 2. The van der Waals surface area contributed by atoms with Crippen LogP contribution in [0.3, 0.4) is 0 Å². The fourth-order valence-electron chi connectivity index (χ4n) is 3.05. The van der Waals surface area contributed by atoms with E-state index in [9.17, 15) is 14.7 Å². The zero-order chi connectivity index (χ0) is 22.9. The minimum Gasteiger partial charge on any atom is -0.481 e. The third-order valence-electron chi connectivity index (χ3n) is 4.56. The molecule has 0 aliphatic heterocycles. The highest BCUT2D eigenvalue weighted by molar-refractivity contribution is 7.99. The number of carboxylic acids is 1. The molecular formula is C23H24N4O3S2. The lowest BCUT2D eigenvalue weighted by molar-refractivity contribution is -0.136. The van der Waals surface area contributed by atoms with E-state index in [-0.39, 0.29) is 12.5 Å². The standard InChI is InChI=1S/C23H24N4O3S2/c1-31-21-18(13-20(28)29)22(32-2)27-19(26-21)12-15-8-10-17(11-9-15)25-23(30)24-14-16-6-4-3-5-7-16/h3-11H,12-14H2,1-2H3,(H,28,29)(H2,24,25,30). The molecule has 3 rings (SSSR count). The Morgan fingerprint density at radius 2 is 1.53 bits per heavy atom. The molecule has 166 valence electrons. The minimum atomic E-state index is -0.900. The van der Waals surface area contributed by atoms with Crippen LogP contribution in [-0.4, -0.2) is 39.6 Å². The number of nitrogens with one attached hydrogen (secondary N) is 2. The summed E-state index contributed by atoms with van der Waals surface area (Å²) in [5, 5.41) is 16.2. The number of carbonyl (C=O) groups excluding carboxylic acids is 1. The summed E-state index contributed by atoms with van der Waals surface area (Å²) in [7, 11) is 0. The number of aromatic nitrogens is 2. The topological polar surface area (TPSA) is 104 Å². The van der Waals surface area contributed by atoms with Gasteiger partial charge in [0.15, 0.2) is 0 Å². The predicted octanol–water partition coefficient (Wildman–Crippen LogP) is 4.46. The minimum absolute atomic E-state index is 0.0979. The van der Waals surface area contributed by atoms with Crippen LogP contribution in [0.1, 0.15) is 22.5 Å². The first-order valence-corrected chi connectivity index (χ1v) is 12.3. The average molecular weight is 469 g/mol. The van der Waals surface area contributed by atoms with Crippen molar-refractivity contribution in [2.45, 2.75) is 29.4 Å². The van der Waals surface area contributed by atoms with Crippen LogP contribution in [0.5, 0.6) is 0 Å². The van der Waals surface area contributed by atoms with Crippen molar-refractivity contribution in [3.05, 3.63) is 77.1 Å². The second-order valence-corrected chi connectivity index (χ2v) is 8.46. The van der Waals surface area contributed by atoms with E-state index in [0.717, 1.165) is 11.1 Å². The largest absolute Gasteiger partial charge is 0.481 e. The maximum Gasteiger partial charge on any atom is 0.319 e. The van der Waals surface area contributed by atoms with Gasteiger partial charge >= 0.3 is 12.0 Å². The Morgan fingerprint density at radius 3 is 2.09 bits per heavy atom. The Morgan fingerprint density at radius 1 is 0.906 bits per heavy atom. The fraction of sp³-hybridized carbons (Fsp3) is 0.217. The number of hydrogen-bond acceptors (Lipinski definition) is 6. The number of thioether (sulfide) groups is 2. The molecule has 0 fully saturated rings. The van der Waals surface area contributed by atoms with E-state index < -0.39 is 5.97 Å². The van der Waals surface area contributed by atoms with Crippen LogP contribution in [0.4, 0.5) is 10.5 Å². The van der Waals surface area contributed by atoms with Crippen LogP contribution in [-0.2, 0) is 24.2 Å². The summed E-state index contributed by atoms with van der Waals surface area (Å²) in [6.07, 6.45) is 4.17. The van der Waals surface area contributed by atoms with Crippen molar-refractivity contribution < 1.29 is 14.7 Å². The Bertz CT molecular complexity index is 1050. The number of benzene rings is 2. The second-order valence-electron chi connectivity index (χ2n) is 6.87. The van der Waals surface area contributed by atoms with Gasteiger partial charge in [-0.2, -0.15) is 0 Å². The van der Waals surface area contributed by atoms with Crippen LogP contribution in [0, 0.1) is 0 Å². The van der Waals surface area contributed by atoms with Gasteiger partial charge in [0.1, 0.15) is 15.9 Å². The van der Waals surface area contributed by atoms with Crippen molar-refractivity contribution in [1.29, 1.82) is 0 Å². The van der Waals surface area contributed by atoms with Crippen LogP contribution < -0.4 is 10.6 Å². The molecule has 9 heteroatoms. The summed E-state index contributed by atoms with van der Waals surface area (Å²) >= 11 is 2.84. The van der Waals surface area contributed by atoms with Gasteiger partial charge in [-0.05, 0) is 35.8 Å². The lowest BCUT2D eigenvalue weighted by atomic mass is 10.1. The molecule has 0 aliphatic carbocycles. The normalized spacial score (nSPS) is 10.6. The van der Waals surface area contributed by atoms with Gasteiger partial charge in [-0.1, -0.05) is 42.5 Å². The lowest BCUT2D eigenvalue weighted by Gasteiger charge is -2.12. The van der Waals surface area contributed by atoms with Crippen molar-refractivity contribution >= 4 is 41.2 Å². The summed E-state index contributed by atoms with van der Waals surface area (Å²) in [5.74, 6) is -0.267. The van der Waals surface area contributed by atoms with Gasteiger partial charge in [0, 0.05) is 24.2 Å². The number of rotatable bonds is 9. The van der Waals surface area contributed by atoms with Gasteiger partial charge in [0.25, 0.3) is 0 Å². The molecule has 1 aromatic heterocycles. The van der Waals surface area contributed by atoms with Crippen LogP contribution in [0.15, 0.2) is 64.6 Å². The van der Waals surface area contributed by atoms with Crippen molar-refractivity contribution in [2.75, 3.05) is 17.8 Å². The zero-order valence-corrected chi connectivity index (χ0v) is 19.4. The molecule has 0 spiro atoms. The quantitative estimate of drug-likeness (QED) is 0.315. The van der Waals surface area contributed by atoms with E-state index >= 15 is 0 Å². The highest BCUT2D eigenvalue weighted by Crippen LogP contribution is 2.27. The van der Waals surface area contributed by atoms with Crippen LogP contribution in [0.2, 0.25) is 0 Å². The smallest absolute Gasteiger partial charge is 0.319 e. The van der Waals surface area contributed by atoms with Crippen LogP contribution >= 0.6 is 23.5 Å². The third kappa shape index (κ3) is 6.73. The zero-order valence-electron chi connectivity index (χ0n) is 17.8. The molecule has 1 heterocycles. The summed E-state index contributed by atoms with van der Waals surface area (Å²) in [6, 6.07) is 16.9. The van der Waals surface area contributed by atoms with Gasteiger partial charge in [-0.15, -0.1) is 23.5 Å². The molecular weight excluding hydrogens is 444 g/mol. The summed E-state index contributed by atoms with van der Waals surface area (Å²) in [4.78, 5) is 32.5. The molecule has 3 aromatic rings. The van der Waals surface area contributed by atoms with Crippen molar-refractivity contribution in [2.24, 2.45) is 0 Å². The monoisotopic (exact) mass is 468 g/mol. The number of aliphatic carboxylic acids is 1. The number of amides is 2. The number of anilines is 1. The first-order valence-electron chi connectivity index (χ1n) is 9.85. The molecule has 0 unspecified atom stereocenters.